The first-order valence-electron chi connectivity index (χ1n) is 7.07. The van der Waals surface area contributed by atoms with Crippen LogP contribution < -0.4 is 5.73 Å². The van der Waals surface area contributed by atoms with Crippen LogP contribution in [0.2, 0.25) is 0 Å². The fourth-order valence-corrected chi connectivity index (χ4v) is 2.42. The van der Waals surface area contributed by atoms with Gasteiger partial charge in [-0.2, -0.15) is 0 Å². The summed E-state index contributed by atoms with van der Waals surface area (Å²) in [4.78, 5) is 2.53. The molecule has 4 nitrogen and oxygen atoms in total. The Morgan fingerprint density at radius 2 is 2.17 bits per heavy atom. The molecule has 1 heterocycles. The molecule has 0 radical (unpaired) electrons. The van der Waals surface area contributed by atoms with Gasteiger partial charge in [0.2, 0.25) is 0 Å². The molecule has 106 valence electrons. The Hall–Kier alpha value is -0.610. The van der Waals surface area contributed by atoms with Gasteiger partial charge in [-0.25, -0.2) is 0 Å². The molecule has 1 aliphatic rings. The van der Waals surface area contributed by atoms with Gasteiger partial charge in [0, 0.05) is 18.0 Å². The summed E-state index contributed by atoms with van der Waals surface area (Å²) >= 11 is 0. The van der Waals surface area contributed by atoms with Crippen LogP contribution in [0.3, 0.4) is 0 Å². The van der Waals surface area contributed by atoms with E-state index in [-0.39, 0.29) is 5.41 Å². The van der Waals surface area contributed by atoms with Gasteiger partial charge in [-0.15, -0.1) is 0 Å². The van der Waals surface area contributed by atoms with E-state index in [0.29, 0.717) is 18.0 Å². The molecule has 2 atom stereocenters. The first kappa shape index (κ1) is 15.4. The molecular formula is C14H29N3O. The van der Waals surface area contributed by atoms with E-state index >= 15 is 0 Å². The minimum Gasteiger partial charge on any atom is -0.387 e. The number of ether oxygens (including phenoxy) is 1. The van der Waals surface area contributed by atoms with E-state index in [1.165, 1.54) is 0 Å². The highest BCUT2D eigenvalue weighted by Crippen LogP contribution is 2.23. The van der Waals surface area contributed by atoms with E-state index in [1.54, 1.807) is 0 Å². The first-order valence-corrected chi connectivity index (χ1v) is 7.07. The van der Waals surface area contributed by atoms with Crippen molar-refractivity contribution in [3.63, 3.8) is 0 Å². The van der Waals surface area contributed by atoms with Crippen LogP contribution in [0.15, 0.2) is 0 Å². The number of nitrogens with zero attached hydrogens (tertiary/aromatic N) is 1. The molecule has 0 spiro atoms. The van der Waals surface area contributed by atoms with Gasteiger partial charge in [0.1, 0.15) is 0 Å². The third-order valence-electron chi connectivity index (χ3n) is 4.03. The molecule has 1 aliphatic heterocycles. The van der Waals surface area contributed by atoms with Crippen LogP contribution in [0.25, 0.3) is 0 Å². The summed E-state index contributed by atoms with van der Waals surface area (Å²) in [5.74, 6) is 0.296. The molecule has 0 aliphatic carbocycles. The van der Waals surface area contributed by atoms with Gasteiger partial charge in [0.05, 0.1) is 18.5 Å². The van der Waals surface area contributed by atoms with Crippen molar-refractivity contribution in [2.45, 2.75) is 59.1 Å². The summed E-state index contributed by atoms with van der Waals surface area (Å²) < 4.78 is 5.70. The standard InChI is InChI=1S/C14H29N3O/c1-5-12-10-18-11(2)9-17(12)8-6-7-14(3,4)13(15)16/h11-12H,5-10H2,1-4H3,(H3,15,16). The molecule has 0 aromatic carbocycles. The smallest absolute Gasteiger partial charge is 0.0963 e. The zero-order chi connectivity index (χ0) is 13.8. The topological polar surface area (TPSA) is 62.3 Å². The van der Waals surface area contributed by atoms with Gasteiger partial charge in [0.25, 0.3) is 0 Å². The number of amidine groups is 1. The zero-order valence-electron chi connectivity index (χ0n) is 12.3. The second kappa shape index (κ2) is 6.53. The minimum absolute atomic E-state index is 0.167. The van der Waals surface area contributed by atoms with Crippen molar-refractivity contribution in [2.24, 2.45) is 11.1 Å². The predicted molar refractivity (Wildman–Crippen MR) is 76.0 cm³/mol. The normalized spacial score (nSPS) is 26.2. The summed E-state index contributed by atoms with van der Waals surface area (Å²) in [6.07, 6.45) is 3.55. The van der Waals surface area contributed by atoms with Gasteiger partial charge in [-0.3, -0.25) is 10.3 Å². The third-order valence-corrected chi connectivity index (χ3v) is 4.03. The number of nitrogens with one attached hydrogen (secondary N) is 1. The van der Waals surface area contributed by atoms with Gasteiger partial charge in [-0.1, -0.05) is 20.8 Å². The van der Waals surface area contributed by atoms with Crippen molar-refractivity contribution < 1.29 is 4.74 Å². The van der Waals surface area contributed by atoms with Gasteiger partial charge < -0.3 is 10.5 Å². The maximum absolute atomic E-state index is 7.57. The van der Waals surface area contributed by atoms with E-state index in [0.717, 1.165) is 39.0 Å². The summed E-state index contributed by atoms with van der Waals surface area (Å²) in [7, 11) is 0. The molecule has 0 aromatic rings. The van der Waals surface area contributed by atoms with Crippen molar-refractivity contribution in [2.75, 3.05) is 19.7 Å². The van der Waals surface area contributed by atoms with Crippen LogP contribution >= 0.6 is 0 Å². The molecule has 3 N–H and O–H groups in total. The van der Waals surface area contributed by atoms with Crippen LogP contribution in [0.5, 0.6) is 0 Å². The van der Waals surface area contributed by atoms with E-state index in [2.05, 4.69) is 32.6 Å². The Kier molecular flexibility index (Phi) is 5.60. The summed E-state index contributed by atoms with van der Waals surface area (Å²) in [5, 5.41) is 7.57. The fraction of sp³-hybridized carbons (Fsp3) is 0.929. The zero-order valence-corrected chi connectivity index (χ0v) is 12.3. The predicted octanol–water partition coefficient (Wildman–Crippen LogP) is 2.23. The van der Waals surface area contributed by atoms with Crippen LogP contribution in [-0.4, -0.2) is 42.6 Å². The number of morpholine rings is 1. The third kappa shape index (κ3) is 4.25. The lowest BCUT2D eigenvalue weighted by molar-refractivity contribution is -0.0564. The molecule has 0 amide bonds. The lowest BCUT2D eigenvalue weighted by Gasteiger charge is -2.38. The Morgan fingerprint density at radius 3 is 2.72 bits per heavy atom. The van der Waals surface area contributed by atoms with Crippen molar-refractivity contribution in [3.8, 4) is 0 Å². The van der Waals surface area contributed by atoms with Gasteiger partial charge in [0.15, 0.2) is 0 Å². The largest absolute Gasteiger partial charge is 0.387 e. The van der Waals surface area contributed by atoms with E-state index in [4.69, 9.17) is 15.9 Å². The molecule has 1 rings (SSSR count). The highest BCUT2D eigenvalue weighted by Gasteiger charge is 2.26. The Bertz CT molecular complexity index is 278. The average Bonchev–Trinajstić information content (AvgIpc) is 2.29. The molecule has 0 aromatic heterocycles. The summed E-state index contributed by atoms with van der Waals surface area (Å²) in [6, 6.07) is 0.557. The van der Waals surface area contributed by atoms with Crippen LogP contribution in [0.1, 0.15) is 47.0 Å². The Labute approximate surface area is 111 Å². The molecule has 1 fully saturated rings. The summed E-state index contributed by atoms with van der Waals surface area (Å²) in [5.41, 5.74) is 5.45. The highest BCUT2D eigenvalue weighted by atomic mass is 16.5. The van der Waals surface area contributed by atoms with E-state index in [9.17, 15) is 0 Å². The van der Waals surface area contributed by atoms with Crippen molar-refractivity contribution in [3.05, 3.63) is 0 Å². The van der Waals surface area contributed by atoms with Crippen LogP contribution in [-0.2, 0) is 4.74 Å². The average molecular weight is 255 g/mol. The molecule has 18 heavy (non-hydrogen) atoms. The lowest BCUT2D eigenvalue weighted by Crippen LogP contribution is -2.49. The van der Waals surface area contributed by atoms with E-state index < -0.39 is 0 Å². The Balaban J connectivity index is 2.39. The van der Waals surface area contributed by atoms with Gasteiger partial charge >= 0.3 is 0 Å². The molecule has 1 saturated heterocycles. The maximum atomic E-state index is 7.57. The number of rotatable bonds is 6. The maximum Gasteiger partial charge on any atom is 0.0963 e. The van der Waals surface area contributed by atoms with Crippen LogP contribution in [0, 0.1) is 10.8 Å². The second-order valence-corrected chi connectivity index (χ2v) is 6.10. The lowest BCUT2D eigenvalue weighted by atomic mass is 9.86. The molecule has 0 saturated carbocycles. The van der Waals surface area contributed by atoms with Gasteiger partial charge in [-0.05, 0) is 32.7 Å². The summed E-state index contributed by atoms with van der Waals surface area (Å²) in [6.45, 7) is 11.4. The number of nitrogens with two attached hydrogens (primary N) is 1. The first-order chi connectivity index (χ1) is 8.36. The van der Waals surface area contributed by atoms with E-state index in [1.807, 2.05) is 0 Å². The van der Waals surface area contributed by atoms with Crippen LogP contribution in [0.4, 0.5) is 0 Å². The second-order valence-electron chi connectivity index (χ2n) is 6.10. The monoisotopic (exact) mass is 255 g/mol. The number of hydrogen-bond acceptors (Lipinski definition) is 3. The minimum atomic E-state index is -0.167. The molecular weight excluding hydrogens is 226 g/mol. The fourth-order valence-electron chi connectivity index (χ4n) is 2.42. The van der Waals surface area contributed by atoms with Crippen molar-refractivity contribution in [1.29, 1.82) is 5.41 Å². The molecule has 4 heteroatoms. The molecule has 0 bridgehead atoms. The highest BCUT2D eigenvalue weighted by molar-refractivity contribution is 5.82. The quantitative estimate of drug-likeness (QED) is 0.565. The van der Waals surface area contributed by atoms with Crippen molar-refractivity contribution >= 4 is 5.84 Å². The SMILES string of the molecule is CCC1COC(C)CN1CCCC(C)(C)C(=N)N. The molecule has 2 unspecified atom stereocenters. The van der Waals surface area contributed by atoms with Crippen molar-refractivity contribution in [1.82, 2.24) is 4.90 Å². The Morgan fingerprint density at radius 1 is 1.50 bits per heavy atom. The number of hydrogen-bond donors (Lipinski definition) is 2.